The first-order valence-corrected chi connectivity index (χ1v) is 11.7. The van der Waals surface area contributed by atoms with Gasteiger partial charge in [0, 0.05) is 35.5 Å². The van der Waals surface area contributed by atoms with E-state index < -0.39 is 23.5 Å². The van der Waals surface area contributed by atoms with Crippen LogP contribution in [0.2, 0.25) is 0 Å². The SMILES string of the molecule is [N-]=[N+]=NCCCCC(=O)CCC(NC(=O)c1ccc(NCc2cnc3nc(N)[nH]c(=O)c3n2)cc1)C(=O)O. The van der Waals surface area contributed by atoms with Gasteiger partial charge < -0.3 is 21.5 Å². The molecule has 15 heteroatoms. The van der Waals surface area contributed by atoms with Crippen molar-refractivity contribution < 1.29 is 19.5 Å². The van der Waals surface area contributed by atoms with Crippen LogP contribution < -0.4 is 21.9 Å². The molecule has 0 fully saturated rings. The van der Waals surface area contributed by atoms with Gasteiger partial charge in [-0.3, -0.25) is 19.4 Å². The monoisotopic (exact) mass is 522 g/mol. The molecule has 0 saturated carbocycles. The Kier molecular flexibility index (Phi) is 9.65. The molecule has 0 bridgehead atoms. The molecule has 6 N–H and O–H groups in total. The highest BCUT2D eigenvalue weighted by molar-refractivity contribution is 5.97. The van der Waals surface area contributed by atoms with Gasteiger partial charge in [0.2, 0.25) is 5.95 Å². The summed E-state index contributed by atoms with van der Waals surface area (Å²) in [6.07, 6.45) is 2.80. The number of hydrogen-bond donors (Lipinski definition) is 5. The zero-order valence-electron chi connectivity index (χ0n) is 20.3. The number of carboxylic acid groups (broad SMARTS) is 1. The van der Waals surface area contributed by atoms with Gasteiger partial charge in [-0.25, -0.2) is 14.8 Å². The van der Waals surface area contributed by atoms with Gasteiger partial charge in [-0.05, 0) is 49.1 Å². The van der Waals surface area contributed by atoms with Crippen LogP contribution in [-0.4, -0.2) is 55.3 Å². The zero-order chi connectivity index (χ0) is 27.5. The summed E-state index contributed by atoms with van der Waals surface area (Å²) in [6.45, 7) is 0.539. The quantitative estimate of drug-likeness (QED) is 0.0890. The summed E-state index contributed by atoms with van der Waals surface area (Å²) in [4.78, 5) is 65.4. The number of rotatable bonds is 14. The number of aromatic nitrogens is 4. The van der Waals surface area contributed by atoms with E-state index in [-0.39, 0.29) is 54.3 Å². The zero-order valence-corrected chi connectivity index (χ0v) is 20.3. The first kappa shape index (κ1) is 27.5. The second-order valence-electron chi connectivity index (χ2n) is 8.27. The number of hydrogen-bond acceptors (Lipinski definition) is 10. The molecule has 38 heavy (non-hydrogen) atoms. The van der Waals surface area contributed by atoms with Crippen LogP contribution in [0.1, 0.15) is 48.2 Å². The number of aromatic amines is 1. The molecule has 0 aliphatic carbocycles. The molecule has 0 spiro atoms. The van der Waals surface area contributed by atoms with Crippen molar-refractivity contribution in [2.24, 2.45) is 5.11 Å². The smallest absolute Gasteiger partial charge is 0.326 e. The summed E-state index contributed by atoms with van der Waals surface area (Å²) < 4.78 is 0. The normalized spacial score (nSPS) is 11.4. The number of azide groups is 1. The van der Waals surface area contributed by atoms with Crippen molar-refractivity contribution in [2.45, 2.75) is 44.7 Å². The maximum Gasteiger partial charge on any atom is 0.326 e. The number of amides is 1. The molecule has 1 atom stereocenters. The van der Waals surface area contributed by atoms with Crippen molar-refractivity contribution >= 4 is 40.5 Å². The minimum absolute atomic E-state index is 0.00853. The van der Waals surface area contributed by atoms with E-state index in [0.29, 0.717) is 30.8 Å². The molecule has 2 aromatic heterocycles. The molecule has 1 aromatic carbocycles. The number of Topliss-reactive ketones (excluding diaryl/α,β-unsaturated/α-hetero) is 1. The van der Waals surface area contributed by atoms with Crippen LogP contribution in [0, 0.1) is 0 Å². The lowest BCUT2D eigenvalue weighted by atomic mass is 10.0. The Balaban J connectivity index is 1.51. The van der Waals surface area contributed by atoms with Crippen molar-refractivity contribution in [3.05, 3.63) is 62.5 Å². The molecular weight excluding hydrogens is 496 g/mol. The largest absolute Gasteiger partial charge is 0.480 e. The predicted octanol–water partition coefficient (Wildman–Crippen LogP) is 1.92. The maximum atomic E-state index is 12.6. The number of H-pyrrole nitrogens is 1. The summed E-state index contributed by atoms with van der Waals surface area (Å²) in [7, 11) is 0. The molecule has 3 aromatic rings. The minimum Gasteiger partial charge on any atom is -0.480 e. The molecule has 0 aliphatic rings. The van der Waals surface area contributed by atoms with Gasteiger partial charge >= 0.3 is 5.97 Å². The summed E-state index contributed by atoms with van der Waals surface area (Å²) >= 11 is 0. The van der Waals surface area contributed by atoms with E-state index in [1.807, 2.05) is 0 Å². The van der Waals surface area contributed by atoms with Crippen molar-refractivity contribution in [2.75, 3.05) is 17.6 Å². The Hall–Kier alpha value is -5.04. The molecule has 1 unspecified atom stereocenters. The predicted molar refractivity (Wildman–Crippen MR) is 137 cm³/mol. The van der Waals surface area contributed by atoms with Gasteiger partial charge in [0.1, 0.15) is 11.8 Å². The van der Waals surface area contributed by atoms with Gasteiger partial charge in [-0.15, -0.1) is 0 Å². The lowest BCUT2D eigenvalue weighted by Crippen LogP contribution is -2.41. The fraction of sp³-hybridized carbons (Fsp3) is 0.348. The van der Waals surface area contributed by atoms with Crippen LogP contribution in [0.3, 0.4) is 0 Å². The first-order valence-electron chi connectivity index (χ1n) is 11.7. The fourth-order valence-corrected chi connectivity index (χ4v) is 3.47. The Bertz CT molecular complexity index is 1420. The number of carboxylic acids is 1. The number of nitrogens with two attached hydrogens (primary N) is 1. The third-order valence-corrected chi connectivity index (χ3v) is 5.45. The van der Waals surface area contributed by atoms with E-state index >= 15 is 0 Å². The van der Waals surface area contributed by atoms with Crippen LogP contribution in [0.5, 0.6) is 0 Å². The molecule has 2 heterocycles. The number of ketones is 1. The topological polar surface area (TPSA) is 242 Å². The number of nitrogens with zero attached hydrogens (tertiary/aromatic N) is 6. The van der Waals surface area contributed by atoms with E-state index in [9.17, 15) is 24.3 Å². The number of benzene rings is 1. The van der Waals surface area contributed by atoms with Crippen LogP contribution in [0.25, 0.3) is 21.6 Å². The van der Waals surface area contributed by atoms with Crippen molar-refractivity contribution in [1.82, 2.24) is 25.3 Å². The van der Waals surface area contributed by atoms with Crippen LogP contribution >= 0.6 is 0 Å². The van der Waals surface area contributed by atoms with Crippen LogP contribution in [0.15, 0.2) is 40.4 Å². The van der Waals surface area contributed by atoms with E-state index in [1.54, 1.807) is 12.1 Å². The molecule has 1 amide bonds. The number of nitrogens with one attached hydrogen (secondary N) is 3. The Morgan fingerprint density at radius 3 is 2.63 bits per heavy atom. The Morgan fingerprint density at radius 2 is 1.92 bits per heavy atom. The molecule has 0 radical (unpaired) electrons. The van der Waals surface area contributed by atoms with Crippen molar-refractivity contribution in [3.63, 3.8) is 0 Å². The van der Waals surface area contributed by atoms with Crippen LogP contribution in [-0.2, 0) is 16.1 Å². The molecular formula is C23H26N10O5. The first-order chi connectivity index (χ1) is 18.3. The number of carbonyl (C=O) groups is 3. The highest BCUT2D eigenvalue weighted by Crippen LogP contribution is 2.13. The van der Waals surface area contributed by atoms with Crippen molar-refractivity contribution in [1.29, 1.82) is 0 Å². The lowest BCUT2D eigenvalue weighted by molar-refractivity contribution is -0.139. The molecule has 0 saturated heterocycles. The summed E-state index contributed by atoms with van der Waals surface area (Å²) in [5, 5.41) is 18.4. The average Bonchev–Trinajstić information content (AvgIpc) is 2.89. The lowest BCUT2D eigenvalue weighted by Gasteiger charge is -2.14. The van der Waals surface area contributed by atoms with Gasteiger partial charge in [0.25, 0.3) is 11.5 Å². The second-order valence-corrected chi connectivity index (χ2v) is 8.27. The van der Waals surface area contributed by atoms with Gasteiger partial charge in [0.05, 0.1) is 18.4 Å². The highest BCUT2D eigenvalue weighted by Gasteiger charge is 2.21. The third-order valence-electron chi connectivity index (χ3n) is 5.45. The Morgan fingerprint density at radius 1 is 1.16 bits per heavy atom. The second kappa shape index (κ2) is 13.3. The number of fused-ring (bicyclic) bond motifs is 1. The third kappa shape index (κ3) is 7.99. The van der Waals surface area contributed by atoms with Gasteiger partial charge in [-0.2, -0.15) is 4.98 Å². The molecule has 15 nitrogen and oxygen atoms in total. The number of carbonyl (C=O) groups excluding carboxylic acids is 2. The maximum absolute atomic E-state index is 12.6. The van der Waals surface area contributed by atoms with Crippen molar-refractivity contribution in [3.8, 4) is 0 Å². The van der Waals surface area contributed by atoms with E-state index in [4.69, 9.17) is 11.3 Å². The van der Waals surface area contributed by atoms with E-state index in [0.717, 1.165) is 0 Å². The molecule has 198 valence electrons. The number of anilines is 2. The van der Waals surface area contributed by atoms with E-state index in [2.05, 4.69) is 40.6 Å². The number of unbranched alkanes of at least 4 members (excludes halogenated alkanes) is 1. The standard InChI is InChI=1S/C23H26N10O5/c24-23-31-19-18(21(36)32-23)29-15(12-27-19)11-26-14-6-4-13(5-7-14)20(35)30-17(22(37)38)9-8-16(34)3-1-2-10-28-33-25/h4-7,12,17,26H,1-3,8-11H2,(H,30,35)(H,37,38)(H3,24,27,31,32,36). The fourth-order valence-electron chi connectivity index (χ4n) is 3.47. The average molecular weight is 523 g/mol. The van der Waals surface area contributed by atoms with Crippen LogP contribution in [0.4, 0.5) is 11.6 Å². The summed E-state index contributed by atoms with van der Waals surface area (Å²) in [6, 6.07) is 5.10. The number of nitrogen functional groups attached to an aromatic ring is 1. The summed E-state index contributed by atoms with van der Waals surface area (Å²) in [5.74, 6) is -1.99. The molecule has 0 aliphatic heterocycles. The number of aliphatic carboxylic acids is 1. The van der Waals surface area contributed by atoms with Gasteiger partial charge in [0.15, 0.2) is 11.2 Å². The molecule has 3 rings (SSSR count). The van der Waals surface area contributed by atoms with Gasteiger partial charge in [-0.1, -0.05) is 5.11 Å². The Labute approximate surface area is 215 Å². The van der Waals surface area contributed by atoms with E-state index in [1.165, 1.54) is 18.3 Å². The minimum atomic E-state index is -1.24. The highest BCUT2D eigenvalue weighted by atomic mass is 16.4. The summed E-state index contributed by atoms with van der Waals surface area (Å²) in [5.41, 5.74) is 14.8.